The summed E-state index contributed by atoms with van der Waals surface area (Å²) in [5, 5.41) is 2.92. The maximum Gasteiger partial charge on any atom is 0.337 e. The van der Waals surface area contributed by atoms with E-state index in [0.717, 1.165) is 34.7 Å². The van der Waals surface area contributed by atoms with Crippen LogP contribution >= 0.6 is 0 Å². The topological polar surface area (TPSA) is 85.6 Å². The maximum absolute atomic E-state index is 13.3. The number of nitrogens with one attached hydrogen (secondary N) is 1. The van der Waals surface area contributed by atoms with Crippen molar-refractivity contribution < 1.29 is 14.3 Å². The Balaban J connectivity index is 1.35. The number of benzene rings is 4. The molecule has 0 saturated carbocycles. The minimum Gasteiger partial charge on any atom is -0.465 e. The minimum atomic E-state index is -0.631. The number of anilines is 1. The van der Waals surface area contributed by atoms with E-state index in [-0.39, 0.29) is 5.91 Å². The molecule has 1 unspecified atom stereocenters. The van der Waals surface area contributed by atoms with E-state index < -0.39 is 11.9 Å². The number of carbonyl (C=O) groups excluding carboxylic acids is 2. The van der Waals surface area contributed by atoms with Crippen molar-refractivity contribution in [3.05, 3.63) is 138 Å². The largest absolute Gasteiger partial charge is 0.465 e. The molecule has 1 N–H and O–H groups in total. The van der Waals surface area contributed by atoms with Crippen molar-refractivity contribution in [2.24, 2.45) is 4.99 Å². The van der Waals surface area contributed by atoms with Crippen LogP contribution in [0.1, 0.15) is 33.0 Å². The molecule has 1 aromatic heterocycles. The van der Waals surface area contributed by atoms with Gasteiger partial charge >= 0.3 is 5.97 Å². The van der Waals surface area contributed by atoms with Gasteiger partial charge in [0, 0.05) is 30.2 Å². The van der Waals surface area contributed by atoms with Gasteiger partial charge in [-0.25, -0.2) is 9.78 Å². The van der Waals surface area contributed by atoms with E-state index in [9.17, 15) is 9.59 Å². The Morgan fingerprint density at radius 2 is 1.65 bits per heavy atom. The van der Waals surface area contributed by atoms with E-state index >= 15 is 0 Å². The fourth-order valence-electron chi connectivity index (χ4n) is 4.98. The van der Waals surface area contributed by atoms with Crippen molar-refractivity contribution in [2.45, 2.75) is 12.5 Å². The molecule has 4 aromatic carbocycles. The van der Waals surface area contributed by atoms with Crippen LogP contribution in [0.2, 0.25) is 0 Å². The molecule has 40 heavy (non-hydrogen) atoms. The summed E-state index contributed by atoms with van der Waals surface area (Å²) in [5.74, 6) is -0.414. The first-order valence-corrected chi connectivity index (χ1v) is 12.9. The summed E-state index contributed by atoms with van der Waals surface area (Å²) in [7, 11) is 1.33. The van der Waals surface area contributed by atoms with Crippen LogP contribution < -0.4 is 5.32 Å². The Labute approximate surface area is 231 Å². The van der Waals surface area contributed by atoms with Gasteiger partial charge in [-0.2, -0.15) is 0 Å². The molecule has 0 spiro atoms. The predicted octanol–water partition coefficient (Wildman–Crippen LogP) is 6.24. The Bertz CT molecular complexity index is 1710. The summed E-state index contributed by atoms with van der Waals surface area (Å²) in [6.45, 7) is 0.724. The van der Waals surface area contributed by atoms with Crippen LogP contribution in [0.5, 0.6) is 0 Å². The first kappa shape index (κ1) is 25.0. The lowest BCUT2D eigenvalue weighted by molar-refractivity contribution is -0.115. The number of hydrogen-bond donors (Lipinski definition) is 1. The average Bonchev–Trinajstić information content (AvgIpc) is 3.59. The van der Waals surface area contributed by atoms with E-state index in [2.05, 4.69) is 27.0 Å². The summed E-state index contributed by atoms with van der Waals surface area (Å²) in [4.78, 5) is 34.9. The summed E-state index contributed by atoms with van der Waals surface area (Å²) >= 11 is 0. The van der Waals surface area contributed by atoms with Crippen molar-refractivity contribution in [2.75, 3.05) is 12.4 Å². The lowest BCUT2D eigenvalue weighted by atomic mass is 9.90. The quantitative estimate of drug-likeness (QED) is 0.201. The van der Waals surface area contributed by atoms with Crippen LogP contribution in [0.15, 0.2) is 121 Å². The molecule has 196 valence electrons. The van der Waals surface area contributed by atoms with E-state index in [1.165, 1.54) is 12.7 Å². The third-order valence-corrected chi connectivity index (χ3v) is 6.93. The molecule has 1 atom stereocenters. The van der Waals surface area contributed by atoms with E-state index in [1.807, 2.05) is 79.0 Å². The normalized spacial score (nSPS) is 14.5. The summed E-state index contributed by atoms with van der Waals surface area (Å²) in [6.07, 6.45) is 3.78. The Morgan fingerprint density at radius 3 is 2.38 bits per heavy atom. The van der Waals surface area contributed by atoms with Crippen LogP contribution in [0.4, 0.5) is 11.4 Å². The number of carbonyl (C=O) groups is 2. The van der Waals surface area contributed by atoms with Gasteiger partial charge in [0.25, 0.3) is 0 Å². The smallest absolute Gasteiger partial charge is 0.337 e. The van der Waals surface area contributed by atoms with Gasteiger partial charge in [0.2, 0.25) is 5.91 Å². The number of esters is 1. The molecule has 6 rings (SSSR count). The van der Waals surface area contributed by atoms with Gasteiger partial charge in [-0.3, -0.25) is 9.79 Å². The Morgan fingerprint density at radius 1 is 0.925 bits per heavy atom. The number of rotatable bonds is 7. The van der Waals surface area contributed by atoms with Crippen molar-refractivity contribution >= 4 is 29.0 Å². The number of nitrogens with zero attached hydrogens (tertiary/aromatic N) is 3. The lowest BCUT2D eigenvalue weighted by Gasteiger charge is -2.14. The molecular formula is C33H26N4O3. The molecule has 1 aliphatic heterocycles. The highest BCUT2D eigenvalue weighted by atomic mass is 16.5. The molecule has 0 fully saturated rings. The Hall–Kier alpha value is -5.30. The molecule has 0 saturated heterocycles. The van der Waals surface area contributed by atoms with Crippen LogP contribution in [0, 0.1) is 0 Å². The van der Waals surface area contributed by atoms with Crippen molar-refractivity contribution in [1.82, 2.24) is 9.55 Å². The maximum atomic E-state index is 13.3. The molecule has 2 heterocycles. The summed E-state index contributed by atoms with van der Waals surface area (Å²) in [5.41, 5.74) is 6.08. The second kappa shape index (κ2) is 10.8. The summed E-state index contributed by atoms with van der Waals surface area (Å²) in [6, 6.07) is 32.9. The van der Waals surface area contributed by atoms with E-state index in [4.69, 9.17) is 9.73 Å². The zero-order valence-electron chi connectivity index (χ0n) is 21.8. The molecule has 7 nitrogen and oxygen atoms in total. The highest BCUT2D eigenvalue weighted by Crippen LogP contribution is 2.37. The van der Waals surface area contributed by atoms with Gasteiger partial charge in [-0.15, -0.1) is 0 Å². The van der Waals surface area contributed by atoms with Gasteiger partial charge in [-0.1, -0.05) is 66.7 Å². The number of hydrogen-bond acceptors (Lipinski definition) is 5. The lowest BCUT2D eigenvalue weighted by Crippen LogP contribution is -2.21. The van der Waals surface area contributed by atoms with Crippen molar-refractivity contribution in [3.63, 3.8) is 0 Å². The van der Waals surface area contributed by atoms with E-state index in [1.54, 1.807) is 24.4 Å². The first-order chi connectivity index (χ1) is 19.6. The number of fused-ring (bicyclic) bond motifs is 1. The Kier molecular flexibility index (Phi) is 6.77. The highest BCUT2D eigenvalue weighted by Gasteiger charge is 2.36. The van der Waals surface area contributed by atoms with Crippen molar-refractivity contribution in [3.8, 4) is 11.4 Å². The zero-order chi connectivity index (χ0) is 27.5. The second-order valence-corrected chi connectivity index (χ2v) is 9.49. The molecule has 1 amide bonds. The number of amides is 1. The molecular weight excluding hydrogens is 500 g/mol. The number of aliphatic imine (C=N–C) groups is 1. The minimum absolute atomic E-state index is 0.195. The predicted molar refractivity (Wildman–Crippen MR) is 155 cm³/mol. The zero-order valence-corrected chi connectivity index (χ0v) is 21.8. The van der Waals surface area contributed by atoms with Crippen LogP contribution in [-0.2, 0) is 16.1 Å². The number of methoxy groups -OCH3 is 1. The average molecular weight is 527 g/mol. The van der Waals surface area contributed by atoms with Gasteiger partial charge in [0.15, 0.2) is 0 Å². The van der Waals surface area contributed by atoms with Crippen LogP contribution in [0.25, 0.3) is 11.4 Å². The molecule has 0 bridgehead atoms. The second-order valence-electron chi connectivity index (χ2n) is 9.49. The summed E-state index contributed by atoms with van der Waals surface area (Å²) < 4.78 is 6.95. The monoisotopic (exact) mass is 526 g/mol. The number of imidazole rings is 1. The third-order valence-electron chi connectivity index (χ3n) is 6.93. The van der Waals surface area contributed by atoms with Crippen LogP contribution in [0.3, 0.4) is 0 Å². The standard InChI is InChI=1S/C33H26N4O3/c1-40-33(39)25-14-17-27-28(20-25)36-32(38)29(27)30(23-10-6-3-7-11-23)35-26-15-12-24(13-16-26)31-34-18-19-37(31)21-22-8-4-2-5-9-22/h2-20,29H,21H2,1H3,(H,36,38). The fraction of sp³-hybridized carbons (Fsp3) is 0.0909. The third kappa shape index (κ3) is 4.92. The first-order valence-electron chi connectivity index (χ1n) is 12.9. The molecule has 0 aliphatic carbocycles. The number of ether oxygens (including phenoxy) is 1. The fourth-order valence-corrected chi connectivity index (χ4v) is 4.98. The SMILES string of the molecule is COC(=O)c1ccc2c(c1)NC(=O)C2C(=Nc1ccc(-c2nccn2Cc2ccccc2)cc1)c1ccccc1. The number of aromatic nitrogens is 2. The van der Waals surface area contributed by atoms with Gasteiger partial charge in [0.05, 0.1) is 24.1 Å². The van der Waals surface area contributed by atoms with Gasteiger partial charge in [-0.05, 0) is 53.1 Å². The highest BCUT2D eigenvalue weighted by molar-refractivity contribution is 6.24. The van der Waals surface area contributed by atoms with Crippen LogP contribution in [-0.4, -0.2) is 34.2 Å². The molecule has 0 radical (unpaired) electrons. The molecule has 7 heteroatoms. The van der Waals surface area contributed by atoms with Gasteiger partial charge < -0.3 is 14.6 Å². The van der Waals surface area contributed by atoms with Crippen molar-refractivity contribution in [1.29, 1.82) is 0 Å². The van der Waals surface area contributed by atoms with E-state index in [0.29, 0.717) is 17.0 Å². The molecule has 1 aliphatic rings. The molecule has 5 aromatic rings. The van der Waals surface area contributed by atoms with Gasteiger partial charge in [0.1, 0.15) is 11.7 Å².